The molecule has 3 aromatic rings. The molecule has 0 spiro atoms. The molecule has 140 valence electrons. The SMILES string of the molecule is CN(C)C(=O)NCc1cc2n(n1)CCN(Cc1cccc3ncccc13)C2. The Morgan fingerprint density at radius 3 is 2.96 bits per heavy atom. The first kappa shape index (κ1) is 17.5. The van der Waals surface area contributed by atoms with Crippen molar-refractivity contribution in [3.05, 3.63) is 59.5 Å². The second-order valence-corrected chi connectivity index (χ2v) is 7.10. The number of carbonyl (C=O) groups excluding carboxylic acids is 1. The number of fused-ring (bicyclic) bond motifs is 2. The highest BCUT2D eigenvalue weighted by Crippen LogP contribution is 2.21. The van der Waals surface area contributed by atoms with E-state index >= 15 is 0 Å². The van der Waals surface area contributed by atoms with Crippen molar-refractivity contribution in [2.75, 3.05) is 20.6 Å². The molecule has 0 aliphatic carbocycles. The molecular weight excluding hydrogens is 340 g/mol. The van der Waals surface area contributed by atoms with Crippen LogP contribution in [-0.4, -0.2) is 51.2 Å². The fourth-order valence-corrected chi connectivity index (χ4v) is 3.47. The van der Waals surface area contributed by atoms with Gasteiger partial charge in [-0.2, -0.15) is 5.10 Å². The minimum Gasteiger partial charge on any atom is -0.332 e. The Morgan fingerprint density at radius 2 is 2.11 bits per heavy atom. The zero-order chi connectivity index (χ0) is 18.8. The number of urea groups is 1. The highest BCUT2D eigenvalue weighted by Gasteiger charge is 2.19. The maximum atomic E-state index is 11.7. The van der Waals surface area contributed by atoms with Gasteiger partial charge in [0.15, 0.2) is 0 Å². The van der Waals surface area contributed by atoms with Crippen molar-refractivity contribution in [2.24, 2.45) is 0 Å². The van der Waals surface area contributed by atoms with Crippen LogP contribution in [0.2, 0.25) is 0 Å². The van der Waals surface area contributed by atoms with Gasteiger partial charge in [-0.05, 0) is 23.8 Å². The summed E-state index contributed by atoms with van der Waals surface area (Å²) in [5, 5.41) is 8.70. The quantitative estimate of drug-likeness (QED) is 0.771. The van der Waals surface area contributed by atoms with E-state index in [1.807, 2.05) is 12.3 Å². The van der Waals surface area contributed by atoms with Crippen LogP contribution in [0.5, 0.6) is 0 Å². The molecule has 1 aliphatic heterocycles. The van der Waals surface area contributed by atoms with Gasteiger partial charge in [-0.25, -0.2) is 4.79 Å². The number of nitrogens with one attached hydrogen (secondary N) is 1. The predicted molar refractivity (Wildman–Crippen MR) is 104 cm³/mol. The van der Waals surface area contributed by atoms with Crippen molar-refractivity contribution in [1.29, 1.82) is 0 Å². The first-order valence-corrected chi connectivity index (χ1v) is 9.16. The maximum absolute atomic E-state index is 11.7. The van der Waals surface area contributed by atoms with Gasteiger partial charge in [0.05, 0.1) is 30.0 Å². The van der Waals surface area contributed by atoms with Gasteiger partial charge in [0.1, 0.15) is 0 Å². The van der Waals surface area contributed by atoms with E-state index in [0.717, 1.165) is 37.4 Å². The summed E-state index contributed by atoms with van der Waals surface area (Å²) in [7, 11) is 3.46. The minimum absolute atomic E-state index is 0.104. The van der Waals surface area contributed by atoms with Crippen molar-refractivity contribution in [3.8, 4) is 0 Å². The lowest BCUT2D eigenvalue weighted by atomic mass is 10.1. The van der Waals surface area contributed by atoms with Crippen molar-refractivity contribution in [1.82, 2.24) is 29.9 Å². The van der Waals surface area contributed by atoms with Crippen LogP contribution in [0.25, 0.3) is 10.9 Å². The molecule has 0 unspecified atom stereocenters. The molecule has 7 nitrogen and oxygen atoms in total. The van der Waals surface area contributed by atoms with Gasteiger partial charge >= 0.3 is 6.03 Å². The van der Waals surface area contributed by atoms with E-state index in [4.69, 9.17) is 0 Å². The van der Waals surface area contributed by atoms with Gasteiger partial charge in [0.25, 0.3) is 0 Å². The average Bonchev–Trinajstić information content (AvgIpc) is 3.08. The first-order chi connectivity index (χ1) is 13.1. The average molecular weight is 364 g/mol. The van der Waals surface area contributed by atoms with E-state index in [1.54, 1.807) is 14.1 Å². The van der Waals surface area contributed by atoms with E-state index in [2.05, 4.69) is 55.3 Å². The number of hydrogen-bond acceptors (Lipinski definition) is 4. The van der Waals surface area contributed by atoms with Crippen LogP contribution in [0.1, 0.15) is 17.0 Å². The number of aromatic nitrogens is 3. The Balaban J connectivity index is 1.44. The highest BCUT2D eigenvalue weighted by molar-refractivity contribution is 5.81. The summed E-state index contributed by atoms with van der Waals surface area (Å²) in [5.74, 6) is 0. The first-order valence-electron chi connectivity index (χ1n) is 9.16. The van der Waals surface area contributed by atoms with Crippen molar-refractivity contribution < 1.29 is 4.79 Å². The lowest BCUT2D eigenvalue weighted by Gasteiger charge is -2.27. The molecule has 3 heterocycles. The number of hydrogen-bond donors (Lipinski definition) is 1. The summed E-state index contributed by atoms with van der Waals surface area (Å²) in [6, 6.07) is 12.4. The van der Waals surface area contributed by atoms with E-state index in [1.165, 1.54) is 21.5 Å². The molecule has 2 aromatic heterocycles. The standard InChI is InChI=1S/C20H24N6O/c1-24(2)20(27)22-12-16-11-17-14-25(9-10-26(17)23-16)13-15-5-3-7-19-18(15)6-4-8-21-19/h3-8,11H,9-10,12-14H2,1-2H3,(H,22,27). The molecule has 0 saturated carbocycles. The summed E-state index contributed by atoms with van der Waals surface area (Å²) < 4.78 is 2.05. The molecule has 0 atom stereocenters. The second kappa shape index (κ2) is 7.36. The number of benzene rings is 1. The van der Waals surface area contributed by atoms with Crippen LogP contribution in [0.4, 0.5) is 4.79 Å². The molecule has 2 amide bonds. The van der Waals surface area contributed by atoms with Gasteiger partial charge in [0, 0.05) is 45.3 Å². The Bertz CT molecular complexity index is 959. The minimum atomic E-state index is -0.104. The summed E-state index contributed by atoms with van der Waals surface area (Å²) in [4.78, 5) is 20.1. The molecule has 27 heavy (non-hydrogen) atoms. The van der Waals surface area contributed by atoms with Crippen molar-refractivity contribution >= 4 is 16.9 Å². The largest absolute Gasteiger partial charge is 0.332 e. The Labute approximate surface area is 158 Å². The number of amides is 2. The molecule has 7 heteroatoms. The number of rotatable bonds is 4. The van der Waals surface area contributed by atoms with Gasteiger partial charge < -0.3 is 10.2 Å². The number of pyridine rings is 1. The molecule has 0 radical (unpaired) electrons. The molecule has 1 aromatic carbocycles. The zero-order valence-electron chi connectivity index (χ0n) is 15.7. The lowest BCUT2D eigenvalue weighted by Crippen LogP contribution is -2.34. The molecule has 4 rings (SSSR count). The monoisotopic (exact) mass is 364 g/mol. The summed E-state index contributed by atoms with van der Waals surface area (Å²) >= 11 is 0. The molecule has 1 N–H and O–H groups in total. The van der Waals surface area contributed by atoms with E-state index in [0.29, 0.717) is 6.54 Å². The molecule has 0 fully saturated rings. The van der Waals surface area contributed by atoms with E-state index in [-0.39, 0.29) is 6.03 Å². The second-order valence-electron chi connectivity index (χ2n) is 7.10. The Morgan fingerprint density at radius 1 is 1.22 bits per heavy atom. The smallest absolute Gasteiger partial charge is 0.317 e. The van der Waals surface area contributed by atoms with Crippen LogP contribution >= 0.6 is 0 Å². The predicted octanol–water partition coefficient (Wildman–Crippen LogP) is 2.22. The van der Waals surface area contributed by atoms with Gasteiger partial charge in [-0.1, -0.05) is 18.2 Å². The van der Waals surface area contributed by atoms with E-state index < -0.39 is 0 Å². The topological polar surface area (TPSA) is 66.3 Å². The van der Waals surface area contributed by atoms with Crippen LogP contribution in [0, 0.1) is 0 Å². The van der Waals surface area contributed by atoms with Crippen molar-refractivity contribution in [2.45, 2.75) is 26.2 Å². The van der Waals surface area contributed by atoms with Gasteiger partial charge in [-0.15, -0.1) is 0 Å². The Kier molecular flexibility index (Phi) is 4.77. The third-order valence-corrected chi connectivity index (χ3v) is 4.88. The fraction of sp³-hybridized carbons (Fsp3) is 0.350. The lowest BCUT2D eigenvalue weighted by molar-refractivity contribution is 0.205. The third-order valence-electron chi connectivity index (χ3n) is 4.88. The van der Waals surface area contributed by atoms with Gasteiger partial charge in [-0.3, -0.25) is 14.6 Å². The van der Waals surface area contributed by atoms with Crippen LogP contribution in [-0.2, 0) is 26.2 Å². The third kappa shape index (κ3) is 3.78. The molecular formula is C20H24N6O. The number of carbonyl (C=O) groups is 1. The maximum Gasteiger partial charge on any atom is 0.317 e. The van der Waals surface area contributed by atoms with Gasteiger partial charge in [0.2, 0.25) is 0 Å². The molecule has 0 saturated heterocycles. The van der Waals surface area contributed by atoms with Crippen molar-refractivity contribution in [3.63, 3.8) is 0 Å². The Hall–Kier alpha value is -2.93. The summed E-state index contributed by atoms with van der Waals surface area (Å²) in [5.41, 5.74) is 4.42. The normalized spacial score (nSPS) is 14.1. The molecule has 0 bridgehead atoms. The van der Waals surface area contributed by atoms with Crippen LogP contribution in [0.15, 0.2) is 42.6 Å². The summed E-state index contributed by atoms with van der Waals surface area (Å²) in [6.07, 6.45) is 1.84. The number of nitrogens with zero attached hydrogens (tertiary/aromatic N) is 5. The fourth-order valence-electron chi connectivity index (χ4n) is 3.47. The summed E-state index contributed by atoms with van der Waals surface area (Å²) in [6.45, 7) is 4.01. The highest BCUT2D eigenvalue weighted by atomic mass is 16.2. The molecule has 1 aliphatic rings. The zero-order valence-corrected chi connectivity index (χ0v) is 15.7. The van der Waals surface area contributed by atoms with E-state index in [9.17, 15) is 4.79 Å². The van der Waals surface area contributed by atoms with Crippen LogP contribution in [0.3, 0.4) is 0 Å². The van der Waals surface area contributed by atoms with Crippen LogP contribution < -0.4 is 5.32 Å².